The number of aliphatic hydroxyl groups is 1. The van der Waals surface area contributed by atoms with E-state index >= 15 is 0 Å². The molecule has 0 aliphatic carbocycles. The molecule has 122 valence electrons. The summed E-state index contributed by atoms with van der Waals surface area (Å²) in [6.07, 6.45) is 0.926. The van der Waals surface area contributed by atoms with E-state index in [0.29, 0.717) is 13.1 Å². The van der Waals surface area contributed by atoms with E-state index in [1.807, 2.05) is 32.9 Å². The minimum absolute atomic E-state index is 0.260. The molecule has 0 unspecified atom stereocenters. The number of hydrogen-bond donors (Lipinski definition) is 1. The SMILES string of the molecule is C[C@H](O)c1ccc(N2CCN(C(=O)OC(C)(C)C)CC2)nc1. The Kier molecular flexibility index (Phi) is 4.90. The molecule has 1 saturated heterocycles. The van der Waals surface area contributed by atoms with Crippen LogP contribution in [0.15, 0.2) is 18.3 Å². The number of amides is 1. The van der Waals surface area contributed by atoms with E-state index in [9.17, 15) is 9.90 Å². The van der Waals surface area contributed by atoms with E-state index in [2.05, 4.69) is 9.88 Å². The van der Waals surface area contributed by atoms with Crippen LogP contribution in [0.3, 0.4) is 0 Å². The summed E-state index contributed by atoms with van der Waals surface area (Å²) in [5, 5.41) is 9.50. The van der Waals surface area contributed by atoms with Crippen LogP contribution in [0.25, 0.3) is 0 Å². The van der Waals surface area contributed by atoms with Crippen LogP contribution in [0, 0.1) is 0 Å². The maximum atomic E-state index is 12.0. The maximum Gasteiger partial charge on any atom is 0.410 e. The van der Waals surface area contributed by atoms with Crippen molar-refractivity contribution in [3.05, 3.63) is 23.9 Å². The van der Waals surface area contributed by atoms with Crippen LogP contribution in [0.2, 0.25) is 0 Å². The summed E-state index contributed by atoms with van der Waals surface area (Å²) in [5.74, 6) is 0.869. The summed E-state index contributed by atoms with van der Waals surface area (Å²) in [6, 6.07) is 3.79. The number of hydrogen-bond acceptors (Lipinski definition) is 5. The van der Waals surface area contributed by atoms with Gasteiger partial charge in [0.05, 0.1) is 6.10 Å². The second kappa shape index (κ2) is 6.52. The zero-order valence-electron chi connectivity index (χ0n) is 13.7. The molecule has 22 heavy (non-hydrogen) atoms. The van der Waals surface area contributed by atoms with Gasteiger partial charge in [0.15, 0.2) is 0 Å². The monoisotopic (exact) mass is 307 g/mol. The molecule has 0 saturated carbocycles. The minimum atomic E-state index is -0.509. The van der Waals surface area contributed by atoms with E-state index in [1.54, 1.807) is 18.0 Å². The molecule has 1 aliphatic heterocycles. The number of ether oxygens (including phenoxy) is 1. The number of carbonyl (C=O) groups is 1. The van der Waals surface area contributed by atoms with Gasteiger partial charge in [0.2, 0.25) is 0 Å². The van der Waals surface area contributed by atoms with Crippen molar-refractivity contribution in [2.75, 3.05) is 31.1 Å². The first-order chi connectivity index (χ1) is 10.3. The Balaban J connectivity index is 1.90. The Morgan fingerprint density at radius 3 is 2.36 bits per heavy atom. The molecule has 1 aromatic rings. The van der Waals surface area contributed by atoms with E-state index in [0.717, 1.165) is 24.5 Å². The van der Waals surface area contributed by atoms with Crippen LogP contribution in [0.4, 0.5) is 10.6 Å². The third-order valence-corrected chi connectivity index (χ3v) is 3.51. The fourth-order valence-electron chi connectivity index (χ4n) is 2.28. The summed E-state index contributed by atoms with van der Waals surface area (Å²) in [6.45, 7) is 10.0. The highest BCUT2D eigenvalue weighted by molar-refractivity contribution is 5.68. The fourth-order valence-corrected chi connectivity index (χ4v) is 2.28. The molecule has 1 aromatic heterocycles. The molecule has 6 nitrogen and oxygen atoms in total. The van der Waals surface area contributed by atoms with E-state index in [1.165, 1.54) is 0 Å². The van der Waals surface area contributed by atoms with Crippen LogP contribution in [-0.2, 0) is 4.74 Å². The summed E-state index contributed by atoms with van der Waals surface area (Å²) < 4.78 is 5.39. The van der Waals surface area contributed by atoms with Crippen molar-refractivity contribution >= 4 is 11.9 Å². The molecule has 0 spiro atoms. The van der Waals surface area contributed by atoms with Gasteiger partial charge in [-0.1, -0.05) is 6.07 Å². The van der Waals surface area contributed by atoms with E-state index < -0.39 is 11.7 Å². The van der Waals surface area contributed by atoms with Crippen LogP contribution in [0.5, 0.6) is 0 Å². The fraction of sp³-hybridized carbons (Fsp3) is 0.625. The van der Waals surface area contributed by atoms with Gasteiger partial charge in [0, 0.05) is 32.4 Å². The first-order valence-electron chi connectivity index (χ1n) is 7.63. The second-order valence-corrected chi connectivity index (χ2v) is 6.58. The average Bonchev–Trinajstić information content (AvgIpc) is 2.46. The van der Waals surface area contributed by atoms with Gasteiger partial charge < -0.3 is 19.6 Å². The van der Waals surface area contributed by atoms with Gasteiger partial charge in [-0.05, 0) is 39.3 Å². The highest BCUT2D eigenvalue weighted by Gasteiger charge is 2.26. The lowest BCUT2D eigenvalue weighted by atomic mass is 10.2. The Labute approximate surface area is 131 Å². The maximum absolute atomic E-state index is 12.0. The number of aromatic nitrogens is 1. The molecule has 2 heterocycles. The van der Waals surface area contributed by atoms with Crippen molar-refractivity contribution in [3.8, 4) is 0 Å². The third-order valence-electron chi connectivity index (χ3n) is 3.51. The molecule has 0 aromatic carbocycles. The molecule has 0 radical (unpaired) electrons. The van der Waals surface area contributed by atoms with Crippen molar-refractivity contribution in [1.82, 2.24) is 9.88 Å². The van der Waals surface area contributed by atoms with Crippen molar-refractivity contribution in [1.29, 1.82) is 0 Å². The summed E-state index contributed by atoms with van der Waals surface area (Å²) in [4.78, 5) is 20.3. The van der Waals surface area contributed by atoms with Crippen LogP contribution in [-0.4, -0.2) is 52.9 Å². The lowest BCUT2D eigenvalue weighted by Crippen LogP contribution is -2.50. The largest absolute Gasteiger partial charge is 0.444 e. The summed E-state index contributed by atoms with van der Waals surface area (Å²) in [5.41, 5.74) is 0.336. The number of pyridine rings is 1. The molecule has 0 bridgehead atoms. The quantitative estimate of drug-likeness (QED) is 0.907. The first-order valence-corrected chi connectivity index (χ1v) is 7.63. The summed E-state index contributed by atoms with van der Waals surface area (Å²) in [7, 11) is 0. The Morgan fingerprint density at radius 1 is 1.27 bits per heavy atom. The topological polar surface area (TPSA) is 65.9 Å². The lowest BCUT2D eigenvalue weighted by Gasteiger charge is -2.36. The number of nitrogens with zero attached hydrogens (tertiary/aromatic N) is 3. The molecular formula is C16H25N3O3. The van der Waals surface area contributed by atoms with Gasteiger partial charge in [-0.3, -0.25) is 0 Å². The standard InChI is InChI=1S/C16H25N3O3/c1-12(20)13-5-6-14(17-11-13)18-7-9-19(10-8-18)15(21)22-16(2,3)4/h5-6,11-12,20H,7-10H2,1-4H3/t12-/m0/s1. The van der Waals surface area contributed by atoms with Gasteiger partial charge in [-0.25, -0.2) is 9.78 Å². The molecule has 1 fully saturated rings. The van der Waals surface area contributed by atoms with Gasteiger partial charge >= 0.3 is 6.09 Å². The molecule has 1 amide bonds. The van der Waals surface area contributed by atoms with Crippen LogP contribution >= 0.6 is 0 Å². The number of rotatable bonds is 2. The predicted octanol–water partition coefficient (Wildman–Crippen LogP) is 2.19. The van der Waals surface area contributed by atoms with Crippen LogP contribution < -0.4 is 4.90 Å². The highest BCUT2D eigenvalue weighted by Crippen LogP contribution is 2.18. The van der Waals surface area contributed by atoms with Crippen LogP contribution in [0.1, 0.15) is 39.4 Å². The Hall–Kier alpha value is -1.82. The Bertz CT molecular complexity index is 500. The molecule has 2 rings (SSSR count). The smallest absolute Gasteiger partial charge is 0.410 e. The van der Waals surface area contributed by atoms with Gasteiger partial charge in [-0.15, -0.1) is 0 Å². The molecule has 1 N–H and O–H groups in total. The molecule has 1 atom stereocenters. The number of piperazine rings is 1. The molecular weight excluding hydrogens is 282 g/mol. The zero-order valence-corrected chi connectivity index (χ0v) is 13.7. The Morgan fingerprint density at radius 2 is 1.91 bits per heavy atom. The molecule has 1 aliphatic rings. The lowest BCUT2D eigenvalue weighted by molar-refractivity contribution is 0.0240. The normalized spacial score (nSPS) is 17.3. The minimum Gasteiger partial charge on any atom is -0.444 e. The van der Waals surface area contributed by atoms with Gasteiger partial charge in [0.25, 0.3) is 0 Å². The van der Waals surface area contributed by atoms with Crippen molar-refractivity contribution in [2.24, 2.45) is 0 Å². The molecule has 6 heteroatoms. The number of anilines is 1. The number of aliphatic hydroxyl groups excluding tert-OH is 1. The summed E-state index contributed by atoms with van der Waals surface area (Å²) >= 11 is 0. The van der Waals surface area contributed by atoms with Gasteiger partial charge in [-0.2, -0.15) is 0 Å². The van der Waals surface area contributed by atoms with Crippen molar-refractivity contribution in [3.63, 3.8) is 0 Å². The number of carbonyl (C=O) groups excluding carboxylic acids is 1. The van der Waals surface area contributed by atoms with Gasteiger partial charge in [0.1, 0.15) is 11.4 Å². The first kappa shape index (κ1) is 16.5. The van der Waals surface area contributed by atoms with Crippen molar-refractivity contribution in [2.45, 2.75) is 39.4 Å². The predicted molar refractivity (Wildman–Crippen MR) is 84.9 cm³/mol. The zero-order chi connectivity index (χ0) is 16.3. The van der Waals surface area contributed by atoms with E-state index in [-0.39, 0.29) is 6.09 Å². The highest BCUT2D eigenvalue weighted by atomic mass is 16.6. The second-order valence-electron chi connectivity index (χ2n) is 6.58. The third kappa shape index (κ3) is 4.34. The van der Waals surface area contributed by atoms with E-state index in [4.69, 9.17) is 4.74 Å². The van der Waals surface area contributed by atoms with Crippen molar-refractivity contribution < 1.29 is 14.6 Å². The average molecular weight is 307 g/mol.